The van der Waals surface area contributed by atoms with Crippen LogP contribution in [-0.2, 0) is 9.59 Å². The van der Waals surface area contributed by atoms with E-state index in [0.717, 1.165) is 0 Å². The van der Waals surface area contributed by atoms with Crippen LogP contribution in [0.5, 0.6) is 0 Å². The normalized spacial score (nSPS) is 22.8. The average molecular weight is 173 g/mol. The number of amides is 2. The second-order valence-corrected chi connectivity index (χ2v) is 2.44. The number of carboxylic acid groups (broad SMARTS) is 2. The molecule has 0 bridgehead atoms. The number of nitrogens with zero attached hydrogens (tertiary/aromatic N) is 1. The van der Waals surface area contributed by atoms with E-state index in [-0.39, 0.29) is 12.8 Å². The van der Waals surface area contributed by atoms with Gasteiger partial charge in [-0.25, -0.2) is 14.5 Å². The zero-order valence-electron chi connectivity index (χ0n) is 6.06. The summed E-state index contributed by atoms with van der Waals surface area (Å²) < 4.78 is 0. The predicted octanol–water partition coefficient (Wildman–Crippen LogP) is -0.260. The van der Waals surface area contributed by atoms with E-state index in [4.69, 9.17) is 10.2 Å². The Labute approximate surface area is 67.4 Å². The summed E-state index contributed by atoms with van der Waals surface area (Å²) in [6.07, 6.45) is -1.44. The number of hydrogen-bond donors (Lipinski definition) is 2. The maximum Gasteiger partial charge on any atom is 0.414 e. The summed E-state index contributed by atoms with van der Waals surface area (Å²) in [5.74, 6) is -1.92. The van der Waals surface area contributed by atoms with Gasteiger partial charge in [-0.15, -0.1) is 0 Å². The Bertz CT molecular complexity index is 248. The molecule has 0 aromatic rings. The molecular weight excluding hydrogens is 166 g/mol. The number of imide groups is 1. The number of carboxylic acids is 1. The highest BCUT2D eigenvalue weighted by molar-refractivity contribution is 5.98. The molecule has 1 heterocycles. The first-order valence-corrected chi connectivity index (χ1v) is 3.32. The molecule has 1 saturated heterocycles. The molecule has 1 aliphatic heterocycles. The standard InChI is InChI=1S/C6H7NO5/c8-4-2-1-3(5(9)10)7(4)6(11)12/h3H,1-2H2,(H,9,10)(H,11,12)/t3-/m1/s1. The van der Waals surface area contributed by atoms with Gasteiger partial charge < -0.3 is 10.2 Å². The van der Waals surface area contributed by atoms with E-state index in [2.05, 4.69) is 0 Å². The second-order valence-electron chi connectivity index (χ2n) is 2.44. The summed E-state index contributed by atoms with van der Waals surface area (Å²) in [6, 6.07) is -1.20. The third kappa shape index (κ3) is 1.23. The molecule has 2 amide bonds. The molecule has 6 heteroatoms. The van der Waals surface area contributed by atoms with Crippen molar-refractivity contribution in [2.75, 3.05) is 0 Å². The van der Waals surface area contributed by atoms with E-state index in [9.17, 15) is 14.4 Å². The largest absolute Gasteiger partial charge is 0.480 e. The molecule has 12 heavy (non-hydrogen) atoms. The van der Waals surface area contributed by atoms with Crippen molar-refractivity contribution in [2.24, 2.45) is 0 Å². The van der Waals surface area contributed by atoms with E-state index >= 15 is 0 Å². The van der Waals surface area contributed by atoms with Gasteiger partial charge in [-0.05, 0) is 6.42 Å². The Balaban J connectivity index is 2.84. The molecule has 0 aromatic carbocycles. The van der Waals surface area contributed by atoms with Crippen LogP contribution in [-0.4, -0.2) is 39.1 Å². The van der Waals surface area contributed by atoms with Gasteiger partial charge in [0.1, 0.15) is 6.04 Å². The highest BCUT2D eigenvalue weighted by Gasteiger charge is 2.40. The molecule has 0 aromatic heterocycles. The summed E-state index contributed by atoms with van der Waals surface area (Å²) >= 11 is 0. The van der Waals surface area contributed by atoms with Crippen LogP contribution in [0.3, 0.4) is 0 Å². The van der Waals surface area contributed by atoms with Gasteiger partial charge in [-0.2, -0.15) is 0 Å². The van der Waals surface area contributed by atoms with Gasteiger partial charge in [0.25, 0.3) is 0 Å². The van der Waals surface area contributed by atoms with Gasteiger partial charge in [-0.1, -0.05) is 0 Å². The summed E-state index contributed by atoms with van der Waals surface area (Å²) in [5, 5.41) is 16.9. The zero-order chi connectivity index (χ0) is 9.30. The van der Waals surface area contributed by atoms with Crippen LogP contribution in [0.25, 0.3) is 0 Å². The number of carbonyl (C=O) groups is 3. The molecule has 1 aliphatic rings. The number of hydrogen-bond acceptors (Lipinski definition) is 3. The SMILES string of the molecule is O=C(O)[C@H]1CCC(=O)N1C(=O)O. The lowest BCUT2D eigenvalue weighted by molar-refractivity contribution is -0.144. The topological polar surface area (TPSA) is 94.9 Å². The van der Waals surface area contributed by atoms with Crippen molar-refractivity contribution in [3.63, 3.8) is 0 Å². The van der Waals surface area contributed by atoms with E-state index in [1.54, 1.807) is 0 Å². The van der Waals surface area contributed by atoms with Gasteiger partial charge in [0, 0.05) is 6.42 Å². The molecule has 1 fully saturated rings. The van der Waals surface area contributed by atoms with E-state index in [0.29, 0.717) is 4.90 Å². The van der Waals surface area contributed by atoms with Crippen LogP contribution < -0.4 is 0 Å². The van der Waals surface area contributed by atoms with Crippen molar-refractivity contribution in [3.8, 4) is 0 Å². The Hall–Kier alpha value is -1.59. The van der Waals surface area contributed by atoms with Crippen LogP contribution in [0.15, 0.2) is 0 Å². The smallest absolute Gasteiger partial charge is 0.414 e. The molecule has 0 unspecified atom stereocenters. The number of carbonyl (C=O) groups excluding carboxylic acids is 1. The maximum atomic E-state index is 10.8. The lowest BCUT2D eigenvalue weighted by Gasteiger charge is -2.14. The first-order valence-electron chi connectivity index (χ1n) is 3.32. The quantitative estimate of drug-likeness (QED) is 0.569. The van der Waals surface area contributed by atoms with Crippen LogP contribution in [0.4, 0.5) is 4.79 Å². The van der Waals surface area contributed by atoms with Crippen molar-refractivity contribution in [2.45, 2.75) is 18.9 Å². The highest BCUT2D eigenvalue weighted by Crippen LogP contribution is 2.18. The molecule has 0 spiro atoms. The Kier molecular flexibility index (Phi) is 1.99. The Morgan fingerprint density at radius 1 is 1.42 bits per heavy atom. The van der Waals surface area contributed by atoms with E-state index in [1.807, 2.05) is 0 Å². The minimum Gasteiger partial charge on any atom is -0.480 e. The molecular formula is C6H7NO5. The second kappa shape index (κ2) is 2.80. The predicted molar refractivity (Wildman–Crippen MR) is 35.5 cm³/mol. The van der Waals surface area contributed by atoms with Crippen LogP contribution >= 0.6 is 0 Å². The van der Waals surface area contributed by atoms with Crippen LogP contribution in [0, 0.1) is 0 Å². The Morgan fingerprint density at radius 2 is 2.00 bits per heavy atom. The van der Waals surface area contributed by atoms with Crippen molar-refractivity contribution in [3.05, 3.63) is 0 Å². The fraction of sp³-hybridized carbons (Fsp3) is 0.500. The lowest BCUT2D eigenvalue weighted by Crippen LogP contribution is -2.41. The van der Waals surface area contributed by atoms with Crippen molar-refractivity contribution in [1.82, 2.24) is 4.90 Å². The summed E-state index contributed by atoms with van der Waals surface area (Å²) in [6.45, 7) is 0. The molecule has 0 aliphatic carbocycles. The van der Waals surface area contributed by atoms with E-state index < -0.39 is 24.0 Å². The molecule has 0 saturated carbocycles. The highest BCUT2D eigenvalue weighted by atomic mass is 16.4. The fourth-order valence-electron chi connectivity index (χ4n) is 1.16. The monoisotopic (exact) mass is 173 g/mol. The van der Waals surface area contributed by atoms with Crippen LogP contribution in [0.2, 0.25) is 0 Å². The number of aliphatic carboxylic acids is 1. The van der Waals surface area contributed by atoms with Crippen molar-refractivity contribution >= 4 is 18.0 Å². The minimum atomic E-state index is -1.50. The summed E-state index contributed by atoms with van der Waals surface area (Å²) in [5.41, 5.74) is 0. The van der Waals surface area contributed by atoms with Crippen molar-refractivity contribution < 1.29 is 24.6 Å². The van der Waals surface area contributed by atoms with Crippen LogP contribution in [0.1, 0.15) is 12.8 Å². The summed E-state index contributed by atoms with van der Waals surface area (Å²) in [4.78, 5) is 31.9. The number of likely N-dealkylation sites (tertiary alicyclic amines) is 1. The van der Waals surface area contributed by atoms with Gasteiger partial charge in [0.15, 0.2) is 0 Å². The zero-order valence-corrected chi connectivity index (χ0v) is 6.06. The third-order valence-electron chi connectivity index (χ3n) is 1.70. The lowest BCUT2D eigenvalue weighted by atomic mass is 10.2. The average Bonchev–Trinajstić information content (AvgIpc) is 2.30. The first-order chi connectivity index (χ1) is 5.54. The molecule has 0 radical (unpaired) electrons. The Morgan fingerprint density at radius 3 is 2.33 bits per heavy atom. The fourth-order valence-corrected chi connectivity index (χ4v) is 1.16. The molecule has 1 atom stereocenters. The summed E-state index contributed by atoms with van der Waals surface area (Å²) in [7, 11) is 0. The van der Waals surface area contributed by atoms with E-state index in [1.165, 1.54) is 0 Å². The van der Waals surface area contributed by atoms with Gasteiger partial charge in [0.05, 0.1) is 0 Å². The van der Waals surface area contributed by atoms with Gasteiger partial charge in [-0.3, -0.25) is 4.79 Å². The molecule has 1 rings (SSSR count). The first kappa shape index (κ1) is 8.51. The minimum absolute atomic E-state index is 0.0106. The number of rotatable bonds is 1. The molecule has 66 valence electrons. The third-order valence-corrected chi connectivity index (χ3v) is 1.70. The van der Waals surface area contributed by atoms with Gasteiger partial charge >= 0.3 is 12.1 Å². The van der Waals surface area contributed by atoms with Gasteiger partial charge in [0.2, 0.25) is 5.91 Å². The maximum absolute atomic E-state index is 10.8. The molecule has 2 N–H and O–H groups in total. The molecule has 6 nitrogen and oxygen atoms in total. The van der Waals surface area contributed by atoms with Crippen molar-refractivity contribution in [1.29, 1.82) is 0 Å².